The number of likely N-dealkylation sites (tertiary alicyclic amines) is 1. The molecule has 2 aliphatic rings. The van der Waals surface area contributed by atoms with Crippen LogP contribution in [0, 0.1) is 0 Å². The van der Waals surface area contributed by atoms with Crippen LogP contribution in [-0.2, 0) is 21.0 Å². The number of amides is 2. The number of pyridine rings is 1. The van der Waals surface area contributed by atoms with Crippen LogP contribution in [0.15, 0.2) is 65.9 Å². The summed E-state index contributed by atoms with van der Waals surface area (Å²) in [5, 5.41) is 17.3. The van der Waals surface area contributed by atoms with Crippen molar-refractivity contribution in [1.82, 2.24) is 15.2 Å². The average Bonchev–Trinajstić information content (AvgIpc) is 3.53. The second kappa shape index (κ2) is 10.5. The van der Waals surface area contributed by atoms with Gasteiger partial charge in [0.15, 0.2) is 6.10 Å². The molecule has 0 bridgehead atoms. The number of benzene rings is 2. The Morgan fingerprint density at radius 2 is 2.00 bits per heavy atom. The Bertz CT molecular complexity index is 1300. The predicted molar refractivity (Wildman–Crippen MR) is 137 cm³/mol. The minimum absolute atomic E-state index is 0.0483. The van der Waals surface area contributed by atoms with Crippen molar-refractivity contribution in [3.63, 3.8) is 0 Å². The maximum atomic E-state index is 13.1. The summed E-state index contributed by atoms with van der Waals surface area (Å²) >= 11 is 3.29. The number of rotatable bonds is 6. The number of oxime groups is 1. The van der Waals surface area contributed by atoms with E-state index in [2.05, 4.69) is 31.4 Å². The second-order valence-corrected chi connectivity index (χ2v) is 9.84. The summed E-state index contributed by atoms with van der Waals surface area (Å²) in [5.41, 5.74) is 2.57. The largest absolute Gasteiger partial charge is 0.508 e. The zero-order valence-corrected chi connectivity index (χ0v) is 20.9. The molecule has 36 heavy (non-hydrogen) atoms. The standard InChI is InChI=1S/C26H25BrN4O5/c27-24-11-21(36-30-24)13-29-25(33)23-10-19(17-5-7-20(32)8-6-17)14-31(23)26(34)35-15-16-9-18-3-1-2-4-22(18)28-12-16/h1-9,12,19,21,23,32H,10-11,13-15H2,(H,29,33)/t19?,21-,23?/m0/s1. The van der Waals surface area contributed by atoms with Gasteiger partial charge < -0.3 is 20.0 Å². The molecule has 1 aromatic heterocycles. The third-order valence-electron chi connectivity index (χ3n) is 6.41. The maximum Gasteiger partial charge on any atom is 0.410 e. The van der Waals surface area contributed by atoms with Crippen LogP contribution in [0.1, 0.15) is 29.9 Å². The Morgan fingerprint density at radius 1 is 1.19 bits per heavy atom. The SMILES string of the molecule is O=C(NC[C@@H]1CC(Br)=NO1)C1CC(c2ccc(O)cc2)CN1C(=O)OCc1cnc2ccccc2c1. The molecular formula is C26H25BrN4O5. The Labute approximate surface area is 216 Å². The summed E-state index contributed by atoms with van der Waals surface area (Å²) in [4.78, 5) is 37.4. The fraction of sp³-hybridized carbons (Fsp3) is 0.308. The molecule has 5 rings (SSSR count). The summed E-state index contributed by atoms with van der Waals surface area (Å²) < 4.78 is 6.31. The molecule has 0 saturated carbocycles. The third-order valence-corrected chi connectivity index (χ3v) is 6.88. The second-order valence-electron chi connectivity index (χ2n) is 8.93. The van der Waals surface area contributed by atoms with Gasteiger partial charge in [0.2, 0.25) is 5.91 Å². The first-order valence-electron chi connectivity index (χ1n) is 11.7. The van der Waals surface area contributed by atoms with Gasteiger partial charge in [-0.25, -0.2) is 4.79 Å². The van der Waals surface area contributed by atoms with E-state index in [0.717, 1.165) is 22.0 Å². The van der Waals surface area contributed by atoms with Crippen LogP contribution >= 0.6 is 15.9 Å². The molecule has 3 atom stereocenters. The molecule has 3 aromatic rings. The Morgan fingerprint density at radius 3 is 2.78 bits per heavy atom. The molecule has 2 unspecified atom stereocenters. The molecule has 2 N–H and O–H groups in total. The van der Waals surface area contributed by atoms with E-state index in [-0.39, 0.29) is 36.8 Å². The van der Waals surface area contributed by atoms with Crippen molar-refractivity contribution < 1.29 is 24.3 Å². The lowest BCUT2D eigenvalue weighted by Gasteiger charge is -2.23. The smallest absolute Gasteiger partial charge is 0.410 e. The Kier molecular flexibility index (Phi) is 7.04. The number of ether oxygens (including phenoxy) is 1. The number of hydrogen-bond donors (Lipinski definition) is 2. The van der Waals surface area contributed by atoms with Crippen LogP contribution in [0.2, 0.25) is 0 Å². The topological polar surface area (TPSA) is 113 Å². The number of phenols is 1. The molecule has 1 fully saturated rings. The van der Waals surface area contributed by atoms with E-state index >= 15 is 0 Å². The first-order chi connectivity index (χ1) is 17.5. The van der Waals surface area contributed by atoms with Crippen LogP contribution in [0.25, 0.3) is 10.9 Å². The van der Waals surface area contributed by atoms with E-state index in [1.807, 2.05) is 42.5 Å². The first kappa shape index (κ1) is 24.1. The lowest BCUT2D eigenvalue weighted by Crippen LogP contribution is -2.47. The first-order valence-corrected chi connectivity index (χ1v) is 12.5. The quantitative estimate of drug-likeness (QED) is 0.477. The van der Waals surface area contributed by atoms with E-state index < -0.39 is 12.1 Å². The van der Waals surface area contributed by atoms with Crippen LogP contribution in [-0.4, -0.2) is 56.8 Å². The van der Waals surface area contributed by atoms with Crippen molar-refractivity contribution >= 4 is 43.5 Å². The number of para-hydroxylation sites is 1. The van der Waals surface area contributed by atoms with Gasteiger partial charge in [0, 0.05) is 36.0 Å². The van der Waals surface area contributed by atoms with Crippen molar-refractivity contribution in [2.45, 2.75) is 37.5 Å². The van der Waals surface area contributed by atoms with E-state index in [1.165, 1.54) is 4.90 Å². The molecule has 9 nitrogen and oxygen atoms in total. The van der Waals surface area contributed by atoms with Gasteiger partial charge in [-0.3, -0.25) is 14.7 Å². The van der Waals surface area contributed by atoms with Crippen LogP contribution in [0.3, 0.4) is 0 Å². The van der Waals surface area contributed by atoms with Gasteiger partial charge in [-0.2, -0.15) is 0 Å². The third kappa shape index (κ3) is 5.43. The number of nitrogens with one attached hydrogen (secondary N) is 1. The van der Waals surface area contributed by atoms with Crippen molar-refractivity contribution in [3.8, 4) is 5.75 Å². The fourth-order valence-electron chi connectivity index (χ4n) is 4.53. The average molecular weight is 553 g/mol. The predicted octanol–water partition coefficient (Wildman–Crippen LogP) is 4.05. The van der Waals surface area contributed by atoms with E-state index in [4.69, 9.17) is 9.57 Å². The minimum atomic E-state index is -0.697. The maximum absolute atomic E-state index is 13.1. The van der Waals surface area contributed by atoms with Crippen LogP contribution in [0.5, 0.6) is 5.75 Å². The Balaban J connectivity index is 1.27. The molecule has 1 saturated heterocycles. The summed E-state index contributed by atoms with van der Waals surface area (Å²) in [6.45, 7) is 0.655. The number of aromatic hydroxyl groups is 1. The van der Waals surface area contributed by atoms with Crippen LogP contribution < -0.4 is 5.32 Å². The summed E-state index contributed by atoms with van der Waals surface area (Å²) in [6, 6.07) is 15.8. The highest BCUT2D eigenvalue weighted by Gasteiger charge is 2.41. The van der Waals surface area contributed by atoms with Gasteiger partial charge in [-0.05, 0) is 52.2 Å². The molecule has 2 aromatic carbocycles. The number of carbonyl (C=O) groups excluding carboxylic acids is 2. The van der Waals surface area contributed by atoms with Gasteiger partial charge >= 0.3 is 6.09 Å². The van der Waals surface area contributed by atoms with E-state index in [0.29, 0.717) is 24.0 Å². The molecule has 0 aliphatic carbocycles. The normalized spacial score (nSPS) is 21.2. The van der Waals surface area contributed by atoms with Gasteiger partial charge in [0.25, 0.3) is 0 Å². The number of nitrogens with zero attached hydrogens (tertiary/aromatic N) is 3. The molecule has 0 spiro atoms. The van der Waals surface area contributed by atoms with Gasteiger partial charge in [-0.1, -0.05) is 35.5 Å². The minimum Gasteiger partial charge on any atom is -0.508 e. The molecule has 10 heteroatoms. The number of hydrogen-bond acceptors (Lipinski definition) is 7. The molecule has 2 amide bonds. The lowest BCUT2D eigenvalue weighted by molar-refractivity contribution is -0.125. The number of halogens is 1. The highest BCUT2D eigenvalue weighted by atomic mass is 79.9. The van der Waals surface area contributed by atoms with Gasteiger partial charge in [0.1, 0.15) is 23.0 Å². The summed E-state index contributed by atoms with van der Waals surface area (Å²) in [6.07, 6.45) is 1.89. The van der Waals surface area contributed by atoms with Crippen molar-refractivity contribution in [2.75, 3.05) is 13.1 Å². The molecule has 2 aliphatic heterocycles. The van der Waals surface area contributed by atoms with Crippen LogP contribution in [0.4, 0.5) is 4.79 Å². The van der Waals surface area contributed by atoms with Crippen molar-refractivity contribution in [1.29, 1.82) is 0 Å². The highest BCUT2D eigenvalue weighted by Crippen LogP contribution is 2.33. The molecule has 0 radical (unpaired) electrons. The highest BCUT2D eigenvalue weighted by molar-refractivity contribution is 9.18. The fourth-order valence-corrected chi connectivity index (χ4v) is 4.98. The monoisotopic (exact) mass is 552 g/mol. The molecular weight excluding hydrogens is 528 g/mol. The molecule has 186 valence electrons. The number of aromatic nitrogens is 1. The number of phenolic OH excluding ortho intramolecular Hbond substituents is 1. The van der Waals surface area contributed by atoms with E-state index in [1.54, 1.807) is 18.3 Å². The summed E-state index contributed by atoms with van der Waals surface area (Å²) in [5.74, 6) is -0.181. The van der Waals surface area contributed by atoms with Crippen molar-refractivity contribution in [3.05, 3.63) is 71.9 Å². The summed E-state index contributed by atoms with van der Waals surface area (Å²) in [7, 11) is 0. The lowest BCUT2D eigenvalue weighted by atomic mass is 9.96. The zero-order valence-electron chi connectivity index (χ0n) is 19.3. The van der Waals surface area contributed by atoms with Gasteiger partial charge in [0.05, 0.1) is 12.1 Å². The van der Waals surface area contributed by atoms with Gasteiger partial charge in [-0.15, -0.1) is 0 Å². The van der Waals surface area contributed by atoms with E-state index in [9.17, 15) is 14.7 Å². The number of carbonyl (C=O) groups is 2. The zero-order chi connectivity index (χ0) is 25.1. The van der Waals surface area contributed by atoms with Crippen molar-refractivity contribution in [2.24, 2.45) is 5.16 Å². The number of fused-ring (bicyclic) bond motifs is 1. The molecule has 3 heterocycles. The Hall–Kier alpha value is -3.66.